The van der Waals surface area contributed by atoms with Gasteiger partial charge in [-0.1, -0.05) is 28.1 Å². The van der Waals surface area contributed by atoms with Gasteiger partial charge in [0.2, 0.25) is 0 Å². The van der Waals surface area contributed by atoms with Gasteiger partial charge in [-0.25, -0.2) is 0 Å². The predicted molar refractivity (Wildman–Crippen MR) is 74.5 cm³/mol. The first-order valence-corrected chi connectivity index (χ1v) is 6.93. The van der Waals surface area contributed by atoms with E-state index in [0.717, 1.165) is 23.1 Å². The van der Waals surface area contributed by atoms with Gasteiger partial charge in [-0.2, -0.15) is 0 Å². The zero-order valence-corrected chi connectivity index (χ0v) is 11.7. The zero-order valence-electron chi connectivity index (χ0n) is 9.40. The molecule has 0 aliphatic carbocycles. The van der Waals surface area contributed by atoms with Crippen LogP contribution in [0.25, 0.3) is 0 Å². The normalized spacial score (nSPS) is 12.6. The Morgan fingerprint density at radius 3 is 2.71 bits per heavy atom. The van der Waals surface area contributed by atoms with Gasteiger partial charge in [-0.3, -0.25) is 0 Å². The Labute approximate surface area is 115 Å². The van der Waals surface area contributed by atoms with Crippen LogP contribution in [-0.2, 0) is 12.8 Å². The molecule has 0 radical (unpaired) electrons. The molecule has 3 heteroatoms. The van der Waals surface area contributed by atoms with E-state index < -0.39 is 0 Å². The van der Waals surface area contributed by atoms with Crippen LogP contribution in [0.5, 0.6) is 0 Å². The third-order valence-corrected chi connectivity index (χ3v) is 3.63. The molecule has 1 nitrogen and oxygen atoms in total. The number of hydrogen-bond acceptors (Lipinski definition) is 1. The maximum absolute atomic E-state index is 6.02. The van der Waals surface area contributed by atoms with Crippen molar-refractivity contribution < 1.29 is 4.42 Å². The fraction of sp³-hybridized carbons (Fsp3) is 0.286. The van der Waals surface area contributed by atoms with E-state index in [1.54, 1.807) is 6.26 Å². The number of halogens is 2. The van der Waals surface area contributed by atoms with Crippen molar-refractivity contribution >= 4 is 27.5 Å². The van der Waals surface area contributed by atoms with Crippen molar-refractivity contribution in [2.24, 2.45) is 5.92 Å². The number of furan rings is 1. The first kappa shape index (κ1) is 12.7. The highest BCUT2D eigenvalue weighted by molar-refractivity contribution is 9.10. The molecule has 1 atom stereocenters. The largest absolute Gasteiger partial charge is 0.469 e. The summed E-state index contributed by atoms with van der Waals surface area (Å²) in [5, 5.41) is 0. The molecule has 0 N–H and O–H groups in total. The molecular weight excluding hydrogens is 300 g/mol. The zero-order chi connectivity index (χ0) is 12.1. The average Bonchev–Trinajstić information content (AvgIpc) is 2.81. The second-order valence-electron chi connectivity index (χ2n) is 4.14. The molecule has 0 spiro atoms. The Hall–Kier alpha value is -0.730. The highest BCUT2D eigenvalue weighted by atomic mass is 79.9. The lowest BCUT2D eigenvalue weighted by Crippen LogP contribution is -2.09. The molecule has 0 fully saturated rings. The van der Waals surface area contributed by atoms with E-state index in [4.69, 9.17) is 16.0 Å². The van der Waals surface area contributed by atoms with Gasteiger partial charge in [0.15, 0.2) is 0 Å². The number of benzene rings is 1. The molecule has 90 valence electrons. The fourth-order valence-corrected chi connectivity index (χ4v) is 2.56. The minimum absolute atomic E-state index is 0.414. The molecule has 0 saturated carbocycles. The Kier molecular flexibility index (Phi) is 4.69. The van der Waals surface area contributed by atoms with Crippen molar-refractivity contribution in [2.75, 3.05) is 5.88 Å². The fourth-order valence-electron chi connectivity index (χ4n) is 1.89. The average molecular weight is 314 g/mol. The number of hydrogen-bond donors (Lipinski definition) is 0. The molecule has 2 aromatic rings. The topological polar surface area (TPSA) is 13.1 Å². The van der Waals surface area contributed by atoms with Gasteiger partial charge in [-0.05, 0) is 42.2 Å². The summed E-state index contributed by atoms with van der Waals surface area (Å²) in [6.45, 7) is 0. The molecule has 1 heterocycles. The van der Waals surface area contributed by atoms with Crippen molar-refractivity contribution in [3.63, 3.8) is 0 Å². The molecule has 17 heavy (non-hydrogen) atoms. The van der Waals surface area contributed by atoms with E-state index in [1.807, 2.05) is 18.2 Å². The van der Waals surface area contributed by atoms with E-state index in [9.17, 15) is 0 Å². The lowest BCUT2D eigenvalue weighted by Gasteiger charge is -2.12. The monoisotopic (exact) mass is 312 g/mol. The highest BCUT2D eigenvalue weighted by Crippen LogP contribution is 2.19. The molecular formula is C14H14BrClO. The SMILES string of the molecule is ClCC(Cc1cccc(Br)c1)Cc1ccco1. The van der Waals surface area contributed by atoms with Crippen LogP contribution in [0.3, 0.4) is 0 Å². The minimum atomic E-state index is 0.414. The van der Waals surface area contributed by atoms with Crippen LogP contribution in [0.4, 0.5) is 0 Å². The molecule has 0 aliphatic rings. The quantitative estimate of drug-likeness (QED) is 0.730. The van der Waals surface area contributed by atoms with E-state index in [2.05, 4.69) is 34.1 Å². The summed E-state index contributed by atoms with van der Waals surface area (Å²) in [5.41, 5.74) is 1.30. The molecule has 0 bridgehead atoms. The van der Waals surface area contributed by atoms with Crippen molar-refractivity contribution in [3.05, 3.63) is 58.5 Å². The Balaban J connectivity index is 2.00. The third kappa shape index (κ3) is 3.90. The van der Waals surface area contributed by atoms with Crippen molar-refractivity contribution in [3.8, 4) is 0 Å². The van der Waals surface area contributed by atoms with Crippen LogP contribution < -0.4 is 0 Å². The van der Waals surface area contributed by atoms with E-state index in [0.29, 0.717) is 11.8 Å². The Morgan fingerprint density at radius 2 is 2.06 bits per heavy atom. The summed E-state index contributed by atoms with van der Waals surface area (Å²) in [4.78, 5) is 0. The van der Waals surface area contributed by atoms with Gasteiger partial charge in [0.05, 0.1) is 6.26 Å². The summed E-state index contributed by atoms with van der Waals surface area (Å²) in [6.07, 6.45) is 3.58. The predicted octanol–water partition coefficient (Wildman–Crippen LogP) is 4.68. The van der Waals surface area contributed by atoms with Gasteiger partial charge >= 0.3 is 0 Å². The van der Waals surface area contributed by atoms with Crippen molar-refractivity contribution in [2.45, 2.75) is 12.8 Å². The second-order valence-corrected chi connectivity index (χ2v) is 5.36. The van der Waals surface area contributed by atoms with Crippen LogP contribution >= 0.6 is 27.5 Å². The molecule has 1 aromatic carbocycles. The number of rotatable bonds is 5. The van der Waals surface area contributed by atoms with Gasteiger partial charge in [0.1, 0.15) is 5.76 Å². The lowest BCUT2D eigenvalue weighted by molar-refractivity contribution is 0.458. The maximum Gasteiger partial charge on any atom is 0.104 e. The van der Waals surface area contributed by atoms with E-state index >= 15 is 0 Å². The molecule has 1 aromatic heterocycles. The third-order valence-electron chi connectivity index (χ3n) is 2.70. The number of alkyl halides is 1. The molecule has 0 aliphatic heterocycles. The molecule has 0 saturated heterocycles. The van der Waals surface area contributed by atoms with Gasteiger partial charge in [0, 0.05) is 16.8 Å². The van der Waals surface area contributed by atoms with Crippen molar-refractivity contribution in [1.82, 2.24) is 0 Å². The molecule has 2 rings (SSSR count). The van der Waals surface area contributed by atoms with E-state index in [-0.39, 0.29) is 0 Å². The van der Waals surface area contributed by atoms with Crippen LogP contribution in [0.15, 0.2) is 51.6 Å². The van der Waals surface area contributed by atoms with Crippen LogP contribution in [0.2, 0.25) is 0 Å². The Morgan fingerprint density at radius 1 is 1.18 bits per heavy atom. The van der Waals surface area contributed by atoms with Gasteiger partial charge in [-0.15, -0.1) is 11.6 Å². The van der Waals surface area contributed by atoms with E-state index in [1.165, 1.54) is 5.56 Å². The first-order valence-electron chi connectivity index (χ1n) is 5.60. The summed E-state index contributed by atoms with van der Waals surface area (Å²) >= 11 is 9.50. The second kappa shape index (κ2) is 6.27. The highest BCUT2D eigenvalue weighted by Gasteiger charge is 2.11. The summed E-state index contributed by atoms with van der Waals surface area (Å²) in [7, 11) is 0. The molecule has 1 unspecified atom stereocenters. The molecule has 0 amide bonds. The Bertz CT molecular complexity index is 453. The minimum Gasteiger partial charge on any atom is -0.469 e. The van der Waals surface area contributed by atoms with Crippen LogP contribution in [-0.4, -0.2) is 5.88 Å². The van der Waals surface area contributed by atoms with Crippen LogP contribution in [0.1, 0.15) is 11.3 Å². The summed E-state index contributed by atoms with van der Waals surface area (Å²) in [5.74, 6) is 2.07. The van der Waals surface area contributed by atoms with Gasteiger partial charge in [0.25, 0.3) is 0 Å². The van der Waals surface area contributed by atoms with Gasteiger partial charge < -0.3 is 4.42 Å². The summed E-state index contributed by atoms with van der Waals surface area (Å²) in [6, 6.07) is 12.3. The van der Waals surface area contributed by atoms with Crippen LogP contribution in [0, 0.1) is 5.92 Å². The maximum atomic E-state index is 6.02. The standard InChI is InChI=1S/C14H14BrClO/c15-13-4-1-3-11(8-13)7-12(10-16)9-14-5-2-6-17-14/h1-6,8,12H,7,9-10H2. The first-order chi connectivity index (χ1) is 8.28. The smallest absolute Gasteiger partial charge is 0.104 e. The lowest BCUT2D eigenvalue weighted by atomic mass is 9.97. The van der Waals surface area contributed by atoms with Crippen molar-refractivity contribution in [1.29, 1.82) is 0 Å². The summed E-state index contributed by atoms with van der Waals surface area (Å²) < 4.78 is 6.47.